The van der Waals surface area contributed by atoms with Crippen LogP contribution in [0.1, 0.15) is 13.8 Å². The number of halogens is 4. The molecular weight excluding hydrogens is 156 g/mol. The summed E-state index contributed by atoms with van der Waals surface area (Å²) in [4.78, 5) is 0. The molecule has 0 saturated heterocycles. The van der Waals surface area contributed by atoms with Gasteiger partial charge in [0.25, 0.3) is 0 Å². The molecule has 0 aliphatic carbocycles. The van der Waals surface area contributed by atoms with E-state index >= 15 is 0 Å². The maximum absolute atomic E-state index is 11.7. The first-order valence-corrected chi connectivity index (χ1v) is 2.12. The van der Waals surface area contributed by atoms with Crippen molar-refractivity contribution in [2.24, 2.45) is 0 Å². The molecule has 9 heavy (non-hydrogen) atoms. The van der Waals surface area contributed by atoms with Crippen LogP contribution in [0.4, 0.5) is 13.4 Å². The van der Waals surface area contributed by atoms with E-state index in [2.05, 4.69) is 0 Å². The van der Waals surface area contributed by atoms with E-state index < -0.39 is 16.7 Å². The third kappa shape index (κ3) is 4.50. The zero-order valence-corrected chi connectivity index (χ0v) is 5.83. The number of hydrazine groups is 1. The van der Waals surface area contributed by atoms with Crippen LogP contribution in [0.15, 0.2) is 0 Å². The van der Waals surface area contributed by atoms with Gasteiger partial charge in [-0.05, 0) is 19.1 Å². The first kappa shape index (κ1) is 11.8. The lowest BCUT2D eigenvalue weighted by atomic mass is 10.4. The van der Waals surface area contributed by atoms with Crippen molar-refractivity contribution in [2.45, 2.75) is 19.9 Å². The number of hydrogen-bond donors (Lipinski definition) is 0. The maximum atomic E-state index is 11.7. The van der Waals surface area contributed by atoms with Crippen molar-refractivity contribution in [3.63, 3.8) is 0 Å². The van der Waals surface area contributed by atoms with Crippen LogP contribution < -0.4 is 0 Å². The van der Waals surface area contributed by atoms with Crippen molar-refractivity contribution in [1.82, 2.24) is 10.7 Å². The van der Waals surface area contributed by atoms with Gasteiger partial charge in [-0.2, -0.15) is 0 Å². The molecule has 0 aliphatic heterocycles. The predicted octanol–water partition coefficient (Wildman–Crippen LogP) is 1.99. The van der Waals surface area contributed by atoms with Gasteiger partial charge >= 0.3 is 0 Å². The lowest BCUT2D eigenvalue weighted by Crippen LogP contribution is -2.29. The van der Waals surface area contributed by atoms with Crippen LogP contribution >= 0.6 is 12.4 Å². The number of hydrogen-bond acceptors (Lipinski definition) is 2. The fourth-order valence-corrected chi connectivity index (χ4v) is 0.175. The van der Waals surface area contributed by atoms with Crippen LogP contribution in [0.2, 0.25) is 0 Å². The Morgan fingerprint density at radius 2 is 1.44 bits per heavy atom. The number of rotatable bonds is 2. The van der Waals surface area contributed by atoms with Gasteiger partial charge in [-0.15, -0.1) is 16.9 Å². The molecule has 0 bridgehead atoms. The Balaban J connectivity index is 0. The first-order valence-electron chi connectivity index (χ1n) is 2.12. The second-order valence-corrected chi connectivity index (χ2v) is 1.60. The summed E-state index contributed by atoms with van der Waals surface area (Å²) in [5.74, 6) is 0. The Kier molecular flexibility index (Phi) is 6.32. The average molecular weight is 165 g/mol. The van der Waals surface area contributed by atoms with E-state index in [0.717, 1.165) is 0 Å². The zero-order valence-electron chi connectivity index (χ0n) is 5.01. The van der Waals surface area contributed by atoms with Crippen LogP contribution in [0.3, 0.4) is 0 Å². The van der Waals surface area contributed by atoms with Gasteiger partial charge in [0, 0.05) is 0 Å². The lowest BCUT2D eigenvalue weighted by Gasteiger charge is -2.12. The van der Waals surface area contributed by atoms with Gasteiger partial charge in [-0.3, -0.25) is 0 Å². The summed E-state index contributed by atoms with van der Waals surface area (Å²) in [5, 5.41) is -0.667. The Bertz CT molecular complexity index is 62.1. The summed E-state index contributed by atoms with van der Waals surface area (Å²) in [6, 6.07) is -0.815. The fourth-order valence-electron chi connectivity index (χ4n) is 0.175. The molecule has 0 aliphatic rings. The van der Waals surface area contributed by atoms with E-state index in [1.54, 1.807) is 0 Å². The normalized spacial score (nSPS) is 10.7. The lowest BCUT2D eigenvalue weighted by molar-refractivity contribution is -0.381. The Labute approximate surface area is 57.4 Å². The van der Waals surface area contributed by atoms with Gasteiger partial charge in [0.05, 0.1) is 6.04 Å². The smallest absolute Gasteiger partial charge is 0.127 e. The Hall–Kier alpha value is -0.0000000000000000555. The Morgan fingerprint density at radius 1 is 1.11 bits per heavy atom. The van der Waals surface area contributed by atoms with Gasteiger partial charge in [-0.25, -0.2) is 0 Å². The van der Waals surface area contributed by atoms with Gasteiger partial charge in [-0.1, -0.05) is 8.96 Å². The molecular formula is C3H8ClF3N2. The molecule has 0 heterocycles. The minimum Gasteiger partial charge on any atom is -0.147 e. The monoisotopic (exact) mass is 164 g/mol. The van der Waals surface area contributed by atoms with E-state index in [1.807, 2.05) is 0 Å². The molecule has 0 N–H and O–H groups in total. The topological polar surface area (TPSA) is 6.48 Å². The van der Waals surface area contributed by atoms with Crippen LogP contribution in [0.25, 0.3) is 0 Å². The molecule has 0 spiro atoms. The summed E-state index contributed by atoms with van der Waals surface area (Å²) in [5.41, 5.74) is -1.59. The van der Waals surface area contributed by atoms with E-state index in [-0.39, 0.29) is 12.4 Å². The number of nitrogens with zero attached hydrogens (tertiary/aromatic N) is 2. The molecule has 0 saturated carbocycles. The summed E-state index contributed by atoms with van der Waals surface area (Å²) in [7, 11) is 0. The van der Waals surface area contributed by atoms with Crippen LogP contribution in [-0.4, -0.2) is 16.7 Å². The molecule has 58 valence electrons. The van der Waals surface area contributed by atoms with Crippen molar-refractivity contribution >= 4 is 12.4 Å². The Morgan fingerprint density at radius 3 is 1.44 bits per heavy atom. The molecule has 0 amide bonds. The molecule has 2 nitrogen and oxygen atoms in total. The van der Waals surface area contributed by atoms with Crippen molar-refractivity contribution in [3.8, 4) is 0 Å². The second kappa shape index (κ2) is 4.84. The highest BCUT2D eigenvalue weighted by Gasteiger charge is 2.16. The van der Waals surface area contributed by atoms with Crippen LogP contribution in [0.5, 0.6) is 0 Å². The minimum atomic E-state index is -1.59. The summed E-state index contributed by atoms with van der Waals surface area (Å²) >= 11 is 0. The van der Waals surface area contributed by atoms with Crippen LogP contribution in [0, 0.1) is 0 Å². The van der Waals surface area contributed by atoms with Gasteiger partial charge < -0.3 is 0 Å². The van der Waals surface area contributed by atoms with E-state index in [0.29, 0.717) is 0 Å². The van der Waals surface area contributed by atoms with Crippen molar-refractivity contribution in [2.75, 3.05) is 0 Å². The highest BCUT2D eigenvalue weighted by atomic mass is 35.5. The molecule has 6 heteroatoms. The van der Waals surface area contributed by atoms with E-state index in [1.165, 1.54) is 13.8 Å². The van der Waals surface area contributed by atoms with Gasteiger partial charge in [0.2, 0.25) is 0 Å². The standard InChI is InChI=1S/C3H7F3N2.ClH/c1-3(2)7(4)8(5)6;/h3H,1-2H3;1H. The molecule has 0 fully saturated rings. The highest BCUT2D eigenvalue weighted by Crippen LogP contribution is 2.04. The zero-order chi connectivity index (χ0) is 6.73. The van der Waals surface area contributed by atoms with Crippen molar-refractivity contribution < 1.29 is 13.4 Å². The highest BCUT2D eigenvalue weighted by molar-refractivity contribution is 5.85. The summed E-state index contributed by atoms with van der Waals surface area (Å²) in [6.07, 6.45) is 0. The van der Waals surface area contributed by atoms with Crippen molar-refractivity contribution in [3.05, 3.63) is 0 Å². The first-order chi connectivity index (χ1) is 3.55. The second-order valence-electron chi connectivity index (χ2n) is 1.60. The van der Waals surface area contributed by atoms with E-state index in [9.17, 15) is 13.4 Å². The molecule has 0 rings (SSSR count). The average Bonchev–Trinajstić information content (AvgIpc) is 1.64. The molecule has 0 aromatic rings. The quantitative estimate of drug-likeness (QED) is 0.455. The van der Waals surface area contributed by atoms with Crippen molar-refractivity contribution in [1.29, 1.82) is 0 Å². The predicted molar refractivity (Wildman–Crippen MR) is 29.4 cm³/mol. The van der Waals surface area contributed by atoms with E-state index in [4.69, 9.17) is 0 Å². The largest absolute Gasteiger partial charge is 0.147 e. The molecule has 0 aromatic carbocycles. The summed E-state index contributed by atoms with van der Waals surface area (Å²) < 4.78 is 33.8. The molecule has 0 radical (unpaired) electrons. The SMILES string of the molecule is CC(C)N(F)N(F)F.Cl. The minimum absolute atomic E-state index is 0. The maximum Gasteiger partial charge on any atom is 0.127 e. The third-order valence-electron chi connectivity index (χ3n) is 0.571. The molecule has 0 unspecified atom stereocenters. The molecule has 0 atom stereocenters. The van der Waals surface area contributed by atoms with Crippen LogP contribution in [-0.2, 0) is 0 Å². The van der Waals surface area contributed by atoms with Gasteiger partial charge in [0.15, 0.2) is 0 Å². The molecule has 0 aromatic heterocycles. The third-order valence-corrected chi connectivity index (χ3v) is 0.571. The van der Waals surface area contributed by atoms with Gasteiger partial charge in [0.1, 0.15) is 5.45 Å². The fraction of sp³-hybridized carbons (Fsp3) is 1.00. The summed E-state index contributed by atoms with van der Waals surface area (Å²) in [6.45, 7) is 2.62.